The molecule has 0 aliphatic rings. The van der Waals surface area contributed by atoms with Gasteiger partial charge in [-0.2, -0.15) is 0 Å². The van der Waals surface area contributed by atoms with Gasteiger partial charge in [-0.15, -0.1) is 0 Å². The second kappa shape index (κ2) is 3.86. The first kappa shape index (κ1) is 10.5. The van der Waals surface area contributed by atoms with Gasteiger partial charge < -0.3 is 5.73 Å². The van der Waals surface area contributed by atoms with E-state index in [-0.39, 0.29) is 5.82 Å². The van der Waals surface area contributed by atoms with Crippen LogP contribution in [-0.4, -0.2) is 14.4 Å². The molecule has 6 heteroatoms. The molecule has 3 nitrogen and oxygen atoms in total. The topological polar surface area (TPSA) is 43.3 Å². The number of pyridine rings is 1. The average Bonchev–Trinajstić information content (AvgIpc) is 2.48. The molecule has 0 bridgehead atoms. The lowest BCUT2D eigenvalue weighted by Gasteiger charge is -2.01. The van der Waals surface area contributed by atoms with Crippen molar-refractivity contribution < 1.29 is 4.39 Å². The summed E-state index contributed by atoms with van der Waals surface area (Å²) < 4.78 is 15.4. The van der Waals surface area contributed by atoms with Crippen molar-refractivity contribution in [2.24, 2.45) is 5.73 Å². The molecule has 0 unspecified atom stereocenters. The zero-order valence-electron chi connectivity index (χ0n) is 7.58. The van der Waals surface area contributed by atoms with E-state index >= 15 is 0 Å². The summed E-state index contributed by atoms with van der Waals surface area (Å²) in [7, 11) is 0. The van der Waals surface area contributed by atoms with Gasteiger partial charge in [0.15, 0.2) is 5.65 Å². The molecule has 0 aliphatic heterocycles. The third-order valence-electron chi connectivity index (χ3n) is 1.96. The molecule has 2 aromatic heterocycles. The van der Waals surface area contributed by atoms with Crippen LogP contribution in [0.4, 0.5) is 4.39 Å². The number of hydrogen-bond acceptors (Lipinski definition) is 2. The summed E-state index contributed by atoms with van der Waals surface area (Å²) >= 11 is 8.04. The van der Waals surface area contributed by atoms with Crippen molar-refractivity contribution in [3.8, 4) is 0 Å². The third kappa shape index (κ3) is 2.00. The molecule has 0 radical (unpaired) electrons. The van der Waals surface area contributed by atoms with E-state index in [1.54, 1.807) is 10.6 Å². The van der Waals surface area contributed by atoms with E-state index in [0.29, 0.717) is 21.5 Å². The molecule has 0 aromatic carbocycles. The van der Waals surface area contributed by atoms with Crippen molar-refractivity contribution >= 4 is 38.8 Å². The Morgan fingerprint density at radius 2 is 2.40 bits per heavy atom. The average molecular weight is 288 g/mol. The Morgan fingerprint density at radius 1 is 1.67 bits per heavy atom. The lowest BCUT2D eigenvalue weighted by molar-refractivity contribution is 0.617. The van der Waals surface area contributed by atoms with Crippen molar-refractivity contribution in [3.05, 3.63) is 34.4 Å². The van der Waals surface area contributed by atoms with Gasteiger partial charge in [-0.25, -0.2) is 9.37 Å². The first-order chi connectivity index (χ1) is 7.08. The molecule has 0 aliphatic carbocycles. The maximum Gasteiger partial charge on any atom is 0.151 e. The zero-order chi connectivity index (χ0) is 11.0. The van der Waals surface area contributed by atoms with Gasteiger partial charge in [0.1, 0.15) is 5.82 Å². The van der Waals surface area contributed by atoms with Gasteiger partial charge in [-0.05, 0) is 22.0 Å². The second-order valence-electron chi connectivity index (χ2n) is 3.09. The maximum absolute atomic E-state index is 13.1. The first-order valence-electron chi connectivity index (χ1n) is 4.17. The Labute approximate surface area is 99.2 Å². The molecule has 2 N–H and O–H groups in total. The van der Waals surface area contributed by atoms with E-state index in [1.165, 1.54) is 12.3 Å². The van der Waals surface area contributed by atoms with Crippen LogP contribution in [0, 0.1) is 5.82 Å². The fourth-order valence-electron chi connectivity index (χ4n) is 1.37. The predicted molar refractivity (Wildman–Crippen MR) is 63.3 cm³/mol. The molecule has 2 aromatic rings. The van der Waals surface area contributed by atoms with Crippen molar-refractivity contribution in [1.82, 2.24) is 9.38 Å². The molecule has 0 amide bonds. The molecular formula is C9H7BrFN3S. The zero-order valence-corrected chi connectivity index (χ0v) is 9.98. The lowest BCUT2D eigenvalue weighted by atomic mass is 10.3. The number of hydrogen-bond donors (Lipinski definition) is 1. The van der Waals surface area contributed by atoms with Crippen molar-refractivity contribution in [2.75, 3.05) is 0 Å². The normalized spacial score (nSPS) is 10.8. The molecule has 0 spiro atoms. The van der Waals surface area contributed by atoms with Crippen LogP contribution in [0.25, 0.3) is 5.65 Å². The summed E-state index contributed by atoms with van der Waals surface area (Å²) in [4.78, 5) is 4.51. The van der Waals surface area contributed by atoms with Crippen LogP contribution in [-0.2, 0) is 6.42 Å². The Kier molecular flexibility index (Phi) is 2.70. The van der Waals surface area contributed by atoms with Gasteiger partial charge in [-0.1, -0.05) is 12.2 Å². The summed E-state index contributed by atoms with van der Waals surface area (Å²) in [6.07, 6.45) is 3.41. The van der Waals surface area contributed by atoms with Crippen LogP contribution < -0.4 is 5.73 Å². The summed E-state index contributed by atoms with van der Waals surface area (Å²) in [5.41, 5.74) is 6.87. The van der Waals surface area contributed by atoms with Crippen LogP contribution in [0.3, 0.4) is 0 Å². The Balaban J connectivity index is 2.63. The summed E-state index contributed by atoms with van der Waals surface area (Å²) in [6, 6.07) is 1.37. The molecule has 78 valence electrons. The van der Waals surface area contributed by atoms with Crippen LogP contribution in [0.5, 0.6) is 0 Å². The lowest BCUT2D eigenvalue weighted by Crippen LogP contribution is -2.12. The van der Waals surface area contributed by atoms with Gasteiger partial charge >= 0.3 is 0 Å². The molecule has 0 atom stereocenters. The van der Waals surface area contributed by atoms with Crippen molar-refractivity contribution in [3.63, 3.8) is 0 Å². The van der Waals surface area contributed by atoms with Crippen molar-refractivity contribution in [2.45, 2.75) is 6.42 Å². The molecule has 2 heterocycles. The quantitative estimate of drug-likeness (QED) is 0.860. The van der Waals surface area contributed by atoms with E-state index in [9.17, 15) is 4.39 Å². The Morgan fingerprint density at radius 3 is 3.07 bits per heavy atom. The fraction of sp³-hybridized carbons (Fsp3) is 0.111. The van der Waals surface area contributed by atoms with Crippen molar-refractivity contribution in [1.29, 1.82) is 0 Å². The number of aromatic nitrogens is 2. The summed E-state index contributed by atoms with van der Waals surface area (Å²) in [6.45, 7) is 0. The number of fused-ring (bicyclic) bond motifs is 1. The molecule has 2 rings (SSSR count). The van der Waals surface area contributed by atoms with Gasteiger partial charge in [0, 0.05) is 24.5 Å². The van der Waals surface area contributed by atoms with Crippen LogP contribution in [0.1, 0.15) is 5.69 Å². The second-order valence-corrected chi connectivity index (χ2v) is 4.47. The van der Waals surface area contributed by atoms with E-state index in [0.717, 1.165) is 5.69 Å². The summed E-state index contributed by atoms with van der Waals surface area (Å²) in [5.74, 6) is -0.337. The molecule has 0 saturated carbocycles. The highest BCUT2D eigenvalue weighted by molar-refractivity contribution is 9.10. The highest BCUT2D eigenvalue weighted by atomic mass is 79.9. The standard InChI is InChI=1S/C9H7BrFN3S/c10-7-1-5(11)4-14-6(2-8(12)15)3-13-9(7)14/h1,3-4H,2H2,(H2,12,15). The molecule has 0 fully saturated rings. The Hall–Kier alpha value is -1.01. The van der Waals surface area contributed by atoms with Crippen LogP contribution in [0.2, 0.25) is 0 Å². The SMILES string of the molecule is NC(=S)Cc1cnc2c(Br)cc(F)cn12. The Bertz CT molecular complexity index is 537. The van der Waals surface area contributed by atoms with E-state index < -0.39 is 0 Å². The molecule has 0 saturated heterocycles. The highest BCUT2D eigenvalue weighted by Crippen LogP contribution is 2.19. The van der Waals surface area contributed by atoms with Gasteiger partial charge in [0.05, 0.1) is 9.46 Å². The fourth-order valence-corrected chi connectivity index (χ4v) is 2.03. The third-order valence-corrected chi connectivity index (χ3v) is 2.69. The maximum atomic E-state index is 13.1. The number of nitrogens with two attached hydrogens (primary N) is 1. The van der Waals surface area contributed by atoms with E-state index in [4.69, 9.17) is 18.0 Å². The minimum atomic E-state index is -0.337. The number of nitrogens with zero attached hydrogens (tertiary/aromatic N) is 2. The number of halogens is 2. The van der Waals surface area contributed by atoms with E-state index in [1.807, 2.05) is 0 Å². The highest BCUT2D eigenvalue weighted by Gasteiger charge is 2.08. The minimum Gasteiger partial charge on any atom is -0.393 e. The predicted octanol–water partition coefficient (Wildman–Crippen LogP) is 2.06. The first-order valence-corrected chi connectivity index (χ1v) is 5.37. The smallest absolute Gasteiger partial charge is 0.151 e. The van der Waals surface area contributed by atoms with Gasteiger partial charge in [-0.3, -0.25) is 4.40 Å². The van der Waals surface area contributed by atoms with Gasteiger partial charge in [0.25, 0.3) is 0 Å². The molecule has 15 heavy (non-hydrogen) atoms. The summed E-state index contributed by atoms with van der Waals surface area (Å²) in [5, 5.41) is 0. The largest absolute Gasteiger partial charge is 0.393 e. The van der Waals surface area contributed by atoms with Gasteiger partial charge in [0.2, 0.25) is 0 Å². The molecular weight excluding hydrogens is 281 g/mol. The number of rotatable bonds is 2. The monoisotopic (exact) mass is 287 g/mol. The number of imidazole rings is 1. The minimum absolute atomic E-state index is 0.337. The number of thiocarbonyl (C=S) groups is 1. The van der Waals surface area contributed by atoms with E-state index in [2.05, 4.69) is 20.9 Å². The van der Waals surface area contributed by atoms with Crippen LogP contribution in [0.15, 0.2) is 22.9 Å². The van der Waals surface area contributed by atoms with Crippen LogP contribution >= 0.6 is 28.1 Å².